The molecule has 0 aromatic heterocycles. The summed E-state index contributed by atoms with van der Waals surface area (Å²) in [5.74, 6) is -0.361. The van der Waals surface area contributed by atoms with Crippen molar-refractivity contribution in [2.45, 2.75) is 52.7 Å². The van der Waals surface area contributed by atoms with Gasteiger partial charge in [-0.15, -0.1) is 0 Å². The van der Waals surface area contributed by atoms with Crippen molar-refractivity contribution >= 4 is 52.1 Å². The number of nitrogens with zero attached hydrogens (tertiary/aromatic N) is 1. The summed E-state index contributed by atoms with van der Waals surface area (Å²) in [6.07, 6.45) is 5.78. The van der Waals surface area contributed by atoms with Gasteiger partial charge in [-0.05, 0) is 18.4 Å². The molecule has 2 aliphatic carbocycles. The molecule has 5 heteroatoms. The SMILES string of the molecule is ClC1(Cl)C(=NC2CCCCC2)C(Cl)(Cl)C1c1ccccc1. The smallest absolute Gasteiger partial charge is 0.168 e. The molecule has 0 spiro atoms. The lowest BCUT2D eigenvalue weighted by Crippen LogP contribution is -2.62. The highest BCUT2D eigenvalue weighted by atomic mass is 35.5. The van der Waals surface area contributed by atoms with Crippen LogP contribution in [0.25, 0.3) is 0 Å². The summed E-state index contributed by atoms with van der Waals surface area (Å²) in [5, 5.41) is 0. The zero-order valence-corrected chi connectivity index (χ0v) is 14.6. The van der Waals surface area contributed by atoms with E-state index >= 15 is 0 Å². The van der Waals surface area contributed by atoms with E-state index in [4.69, 9.17) is 51.4 Å². The van der Waals surface area contributed by atoms with Crippen molar-refractivity contribution in [1.29, 1.82) is 0 Å². The maximum absolute atomic E-state index is 6.54. The van der Waals surface area contributed by atoms with Crippen LogP contribution >= 0.6 is 46.4 Å². The lowest BCUT2D eigenvalue weighted by molar-refractivity contribution is 0.436. The van der Waals surface area contributed by atoms with E-state index in [-0.39, 0.29) is 12.0 Å². The average Bonchev–Trinajstić information content (AvgIpc) is 2.46. The first-order chi connectivity index (χ1) is 9.94. The summed E-state index contributed by atoms with van der Waals surface area (Å²) in [6.45, 7) is 0. The molecule has 0 bridgehead atoms. The van der Waals surface area contributed by atoms with Gasteiger partial charge in [0.05, 0.1) is 17.7 Å². The van der Waals surface area contributed by atoms with E-state index in [0.717, 1.165) is 18.4 Å². The molecule has 2 aliphatic rings. The monoisotopic (exact) mass is 363 g/mol. The van der Waals surface area contributed by atoms with Crippen LogP contribution in [0.4, 0.5) is 0 Å². The minimum absolute atomic E-state index is 0.249. The molecule has 2 fully saturated rings. The van der Waals surface area contributed by atoms with Gasteiger partial charge >= 0.3 is 0 Å². The predicted octanol–water partition coefficient (Wildman–Crippen LogP) is 5.91. The molecule has 1 nitrogen and oxygen atoms in total. The maximum atomic E-state index is 6.54. The van der Waals surface area contributed by atoms with Crippen LogP contribution < -0.4 is 0 Å². The van der Waals surface area contributed by atoms with Crippen LogP contribution in [-0.4, -0.2) is 20.4 Å². The Hall–Kier alpha value is 0.0500. The van der Waals surface area contributed by atoms with Gasteiger partial charge in [-0.2, -0.15) is 0 Å². The Morgan fingerprint density at radius 2 is 1.43 bits per heavy atom. The summed E-state index contributed by atoms with van der Waals surface area (Å²) < 4.78 is -2.25. The van der Waals surface area contributed by atoms with Crippen LogP contribution in [0.1, 0.15) is 43.6 Å². The third-order valence-electron chi connectivity index (χ3n) is 4.38. The van der Waals surface area contributed by atoms with Gasteiger partial charge in [-0.25, -0.2) is 0 Å². The molecule has 0 radical (unpaired) electrons. The van der Waals surface area contributed by atoms with E-state index < -0.39 is 8.67 Å². The first kappa shape index (κ1) is 15.9. The molecule has 3 rings (SSSR count). The Morgan fingerprint density at radius 3 is 2.00 bits per heavy atom. The van der Waals surface area contributed by atoms with Crippen molar-refractivity contribution in [3.8, 4) is 0 Å². The van der Waals surface area contributed by atoms with Crippen molar-refractivity contribution in [2.75, 3.05) is 0 Å². The molecule has 0 saturated heterocycles. The summed E-state index contributed by atoms with van der Waals surface area (Å²) in [4.78, 5) is 4.71. The van der Waals surface area contributed by atoms with E-state index in [2.05, 4.69) is 0 Å². The Labute approximate surface area is 145 Å². The molecule has 0 amide bonds. The lowest BCUT2D eigenvalue weighted by atomic mass is 9.75. The molecule has 2 saturated carbocycles. The van der Waals surface area contributed by atoms with Gasteiger partial charge in [0.1, 0.15) is 0 Å². The fourth-order valence-electron chi connectivity index (χ4n) is 3.27. The predicted molar refractivity (Wildman–Crippen MR) is 92.4 cm³/mol. The highest BCUT2D eigenvalue weighted by Gasteiger charge is 2.68. The topological polar surface area (TPSA) is 12.4 Å². The normalized spacial score (nSPS) is 28.0. The van der Waals surface area contributed by atoms with Crippen LogP contribution in [0.15, 0.2) is 35.3 Å². The Balaban J connectivity index is 1.89. The van der Waals surface area contributed by atoms with Gasteiger partial charge in [0.15, 0.2) is 8.67 Å². The van der Waals surface area contributed by atoms with E-state index in [1.54, 1.807) is 0 Å². The second kappa shape index (κ2) is 5.92. The van der Waals surface area contributed by atoms with Gasteiger partial charge in [-0.3, -0.25) is 4.99 Å². The number of rotatable bonds is 2. The quantitative estimate of drug-likeness (QED) is 0.578. The van der Waals surface area contributed by atoms with Crippen LogP contribution in [0, 0.1) is 0 Å². The van der Waals surface area contributed by atoms with Crippen LogP contribution in [0.5, 0.6) is 0 Å². The second-order valence-electron chi connectivity index (χ2n) is 5.86. The zero-order valence-electron chi connectivity index (χ0n) is 11.5. The fourth-order valence-corrected chi connectivity index (χ4v) is 5.64. The molecule has 0 atom stereocenters. The number of hydrogen-bond acceptors (Lipinski definition) is 1. The molecule has 0 N–H and O–H groups in total. The van der Waals surface area contributed by atoms with Gasteiger partial charge in [0, 0.05) is 0 Å². The van der Waals surface area contributed by atoms with Gasteiger partial charge in [-0.1, -0.05) is 96.0 Å². The van der Waals surface area contributed by atoms with Crippen molar-refractivity contribution in [3.05, 3.63) is 35.9 Å². The number of hydrogen-bond donors (Lipinski definition) is 0. The largest absolute Gasteiger partial charge is 0.284 e. The first-order valence-corrected chi connectivity index (χ1v) is 8.84. The molecule has 1 aromatic carbocycles. The summed E-state index contributed by atoms with van der Waals surface area (Å²) in [5.41, 5.74) is 1.46. The van der Waals surface area contributed by atoms with E-state index in [9.17, 15) is 0 Å². The van der Waals surface area contributed by atoms with Gasteiger partial charge in [0.25, 0.3) is 0 Å². The first-order valence-electron chi connectivity index (χ1n) is 7.33. The molecular weight excluding hydrogens is 348 g/mol. The third kappa shape index (κ3) is 2.83. The molecule has 21 heavy (non-hydrogen) atoms. The number of halogens is 4. The van der Waals surface area contributed by atoms with Crippen LogP contribution in [-0.2, 0) is 0 Å². The summed E-state index contributed by atoms with van der Waals surface area (Å²) in [6, 6.07) is 9.94. The standard InChI is InChI=1S/C16H17Cl4N/c17-15(18)13(11-7-3-1-4-8-11)16(19,20)14(15)21-12-9-5-2-6-10-12/h1,3-4,7-8,12-13H,2,5-6,9-10H2. The average molecular weight is 365 g/mol. The maximum Gasteiger partial charge on any atom is 0.168 e. The van der Waals surface area contributed by atoms with E-state index in [1.165, 1.54) is 19.3 Å². The van der Waals surface area contributed by atoms with Crippen LogP contribution in [0.2, 0.25) is 0 Å². The second-order valence-corrected chi connectivity index (χ2v) is 8.63. The number of benzene rings is 1. The zero-order chi connectivity index (χ0) is 15.1. The van der Waals surface area contributed by atoms with Crippen molar-refractivity contribution in [2.24, 2.45) is 4.99 Å². The van der Waals surface area contributed by atoms with Crippen molar-refractivity contribution in [1.82, 2.24) is 0 Å². The minimum atomic E-state index is -1.12. The molecule has 0 aliphatic heterocycles. The number of alkyl halides is 4. The summed E-state index contributed by atoms with van der Waals surface area (Å²) in [7, 11) is 0. The van der Waals surface area contributed by atoms with Crippen molar-refractivity contribution < 1.29 is 0 Å². The molecule has 0 unspecified atom stereocenters. The fraction of sp³-hybridized carbons (Fsp3) is 0.562. The van der Waals surface area contributed by atoms with Crippen molar-refractivity contribution in [3.63, 3.8) is 0 Å². The van der Waals surface area contributed by atoms with Crippen LogP contribution in [0.3, 0.4) is 0 Å². The van der Waals surface area contributed by atoms with Gasteiger partial charge < -0.3 is 0 Å². The minimum Gasteiger partial charge on any atom is -0.284 e. The number of aliphatic imine (C=N–C) groups is 1. The molecule has 0 heterocycles. The summed E-state index contributed by atoms with van der Waals surface area (Å²) >= 11 is 26.2. The highest BCUT2D eigenvalue weighted by molar-refractivity contribution is 6.75. The molecule has 1 aromatic rings. The van der Waals surface area contributed by atoms with E-state index in [1.807, 2.05) is 30.3 Å². The molecule has 114 valence electrons. The Morgan fingerprint density at radius 1 is 0.857 bits per heavy atom. The van der Waals surface area contributed by atoms with Gasteiger partial charge in [0.2, 0.25) is 0 Å². The van der Waals surface area contributed by atoms with E-state index in [0.29, 0.717) is 5.71 Å². The lowest BCUT2D eigenvalue weighted by Gasteiger charge is -2.51. The Kier molecular flexibility index (Phi) is 4.49. The molecular formula is C16H17Cl4N. The third-order valence-corrected chi connectivity index (χ3v) is 5.96. The highest BCUT2D eigenvalue weighted by Crippen LogP contribution is 2.62. The Bertz CT molecular complexity index is 514.